The van der Waals surface area contributed by atoms with Gasteiger partial charge in [-0.15, -0.1) is 0 Å². The van der Waals surface area contributed by atoms with Crippen molar-refractivity contribution < 1.29 is 37.3 Å². The van der Waals surface area contributed by atoms with Gasteiger partial charge in [0.15, 0.2) is 0 Å². The van der Waals surface area contributed by atoms with Crippen LogP contribution < -0.4 is 10.2 Å². The zero-order valence-electron chi connectivity index (χ0n) is 51.7. The normalized spacial score (nSPS) is 13.9. The Morgan fingerprint density at radius 3 is 1.21 bits per heavy atom. The molecule has 0 heterocycles. The fourth-order valence-corrected chi connectivity index (χ4v) is 10.3. The molecule has 1 N–H and O–H groups in total. The Morgan fingerprint density at radius 1 is 0.455 bits per heavy atom. The average molecular weight is 1100 g/mol. The molecule has 0 fully saturated rings. The van der Waals surface area contributed by atoms with E-state index in [1.165, 1.54) is 205 Å². The maximum atomic E-state index is 13.5. The molecule has 9 nitrogen and oxygen atoms in total. The molecule has 3 unspecified atom stereocenters. The summed E-state index contributed by atoms with van der Waals surface area (Å²) >= 11 is 0. The van der Waals surface area contributed by atoms with Crippen molar-refractivity contribution >= 4 is 19.7 Å². The van der Waals surface area contributed by atoms with Crippen LogP contribution in [-0.4, -0.2) is 69.4 Å². The highest BCUT2D eigenvalue weighted by Gasteiger charge is 2.27. The number of likely N-dealkylation sites (N-methyl/N-ethyl adjacent to an activating group) is 1. The molecule has 0 aliphatic carbocycles. The van der Waals surface area contributed by atoms with E-state index in [9.17, 15) is 19.0 Å². The third-order valence-corrected chi connectivity index (χ3v) is 15.7. The minimum atomic E-state index is -4.70. The molecule has 452 valence electrons. The molecule has 0 aromatic rings. The highest BCUT2D eigenvalue weighted by Crippen LogP contribution is 2.38. The number of allylic oxidation sites excluding steroid dienone is 7. The number of amides is 1. The number of esters is 1. The topological polar surface area (TPSA) is 114 Å². The Hall–Kier alpha value is -2.03. The SMILES string of the molecule is CCCCC/C=C/C=C/CCCCCCCCC(=O)OC(/C=C\CCCCCCCCCCC)C(COP(=O)([O-])OCC[N+](C)(C)C)NC(=O)CCCCCCCCCCCCCCCCC/C=C/CCCCCCCC. The summed E-state index contributed by atoms with van der Waals surface area (Å²) in [5, 5.41) is 3.03. The lowest BCUT2D eigenvalue weighted by Gasteiger charge is -2.30. The van der Waals surface area contributed by atoms with Gasteiger partial charge in [0.2, 0.25) is 5.91 Å². The van der Waals surface area contributed by atoms with E-state index in [0.29, 0.717) is 17.4 Å². The number of nitrogens with one attached hydrogen (secondary N) is 1. The van der Waals surface area contributed by atoms with Gasteiger partial charge in [0.05, 0.1) is 33.8 Å². The average Bonchev–Trinajstić information content (AvgIpc) is 3.39. The summed E-state index contributed by atoms with van der Waals surface area (Å²) in [7, 11) is 1.19. The molecule has 0 aliphatic rings. The molecule has 10 heteroatoms. The van der Waals surface area contributed by atoms with E-state index >= 15 is 0 Å². The van der Waals surface area contributed by atoms with Gasteiger partial charge in [-0.2, -0.15) is 0 Å². The largest absolute Gasteiger partial charge is 0.756 e. The van der Waals surface area contributed by atoms with Crippen LogP contribution >= 0.6 is 7.82 Å². The second-order valence-corrected chi connectivity index (χ2v) is 25.1. The van der Waals surface area contributed by atoms with Crippen LogP contribution in [0.1, 0.15) is 316 Å². The second-order valence-electron chi connectivity index (χ2n) is 23.6. The number of nitrogens with zero attached hydrogens (tertiary/aromatic N) is 1. The Labute approximate surface area is 478 Å². The molecule has 77 heavy (non-hydrogen) atoms. The first-order valence-electron chi connectivity index (χ1n) is 33.0. The molecule has 0 aliphatic heterocycles. The molecule has 0 aromatic carbocycles. The van der Waals surface area contributed by atoms with Crippen LogP contribution in [-0.2, 0) is 27.9 Å². The molecule has 0 spiro atoms. The van der Waals surface area contributed by atoms with Crippen molar-refractivity contribution in [3.8, 4) is 0 Å². The first-order chi connectivity index (χ1) is 37.4. The molecule has 0 radical (unpaired) electrons. The van der Waals surface area contributed by atoms with E-state index in [2.05, 4.69) is 62.5 Å². The summed E-state index contributed by atoms with van der Waals surface area (Å²) in [5.41, 5.74) is 0. The monoisotopic (exact) mass is 1100 g/mol. The lowest BCUT2D eigenvalue weighted by Crippen LogP contribution is -2.47. The lowest BCUT2D eigenvalue weighted by molar-refractivity contribution is -0.870. The third-order valence-electron chi connectivity index (χ3n) is 14.8. The highest BCUT2D eigenvalue weighted by molar-refractivity contribution is 7.45. The summed E-state index contributed by atoms with van der Waals surface area (Å²) in [6, 6.07) is -0.891. The number of hydrogen-bond acceptors (Lipinski definition) is 7. The number of phosphoric acid groups is 1. The summed E-state index contributed by atoms with van der Waals surface area (Å²) in [6.07, 6.45) is 70.9. The van der Waals surface area contributed by atoms with Crippen molar-refractivity contribution in [3.05, 3.63) is 48.6 Å². The van der Waals surface area contributed by atoms with Gasteiger partial charge in [0, 0.05) is 12.8 Å². The maximum absolute atomic E-state index is 13.5. The Balaban J connectivity index is 5.04. The molecule has 0 aromatic heterocycles. The van der Waals surface area contributed by atoms with Gasteiger partial charge < -0.3 is 28.5 Å². The number of phosphoric ester groups is 1. The number of carbonyl (C=O) groups excluding carboxylic acids is 2. The maximum Gasteiger partial charge on any atom is 0.306 e. The summed E-state index contributed by atoms with van der Waals surface area (Å²) in [5.74, 6) is -0.544. The van der Waals surface area contributed by atoms with E-state index in [4.69, 9.17) is 13.8 Å². The van der Waals surface area contributed by atoms with E-state index in [1.807, 2.05) is 33.3 Å². The zero-order chi connectivity index (χ0) is 56.4. The van der Waals surface area contributed by atoms with Crippen molar-refractivity contribution in [2.45, 2.75) is 328 Å². The van der Waals surface area contributed by atoms with Crippen LogP contribution in [0.5, 0.6) is 0 Å². The fourth-order valence-electron chi connectivity index (χ4n) is 9.63. The Kier molecular flexibility index (Phi) is 55.7. The number of carbonyl (C=O) groups is 2. The van der Waals surface area contributed by atoms with E-state index in [-0.39, 0.29) is 31.5 Å². The lowest BCUT2D eigenvalue weighted by atomic mass is 10.0. The smallest absolute Gasteiger partial charge is 0.306 e. The quantitative estimate of drug-likeness (QED) is 0.0161. The number of unbranched alkanes of at least 4 members (excludes halogenated alkanes) is 39. The number of hydrogen-bond donors (Lipinski definition) is 1. The molecule has 3 atom stereocenters. The predicted molar refractivity (Wildman–Crippen MR) is 330 cm³/mol. The fraction of sp³-hybridized carbons (Fsp3) is 0.851. The van der Waals surface area contributed by atoms with Gasteiger partial charge in [0.1, 0.15) is 19.3 Å². The van der Waals surface area contributed by atoms with Crippen molar-refractivity contribution in [3.63, 3.8) is 0 Å². The summed E-state index contributed by atoms with van der Waals surface area (Å²) < 4.78 is 30.3. The first kappa shape index (κ1) is 75.0. The number of ether oxygens (including phenoxy) is 1. The number of quaternary nitrogens is 1. The van der Waals surface area contributed by atoms with E-state index in [0.717, 1.165) is 77.0 Å². The Morgan fingerprint density at radius 2 is 0.792 bits per heavy atom. The highest BCUT2D eigenvalue weighted by atomic mass is 31.2. The predicted octanol–water partition coefficient (Wildman–Crippen LogP) is 19.8. The second kappa shape index (κ2) is 57.2. The van der Waals surface area contributed by atoms with Gasteiger partial charge >= 0.3 is 5.97 Å². The van der Waals surface area contributed by atoms with Crippen molar-refractivity contribution in [2.75, 3.05) is 40.9 Å². The van der Waals surface area contributed by atoms with Gasteiger partial charge in [-0.1, -0.05) is 269 Å². The van der Waals surface area contributed by atoms with Gasteiger partial charge in [0.25, 0.3) is 7.82 Å². The van der Waals surface area contributed by atoms with Crippen LogP contribution in [0.15, 0.2) is 48.6 Å². The van der Waals surface area contributed by atoms with Crippen molar-refractivity contribution in [2.24, 2.45) is 0 Å². The molecule has 1 amide bonds. The Bertz CT molecular complexity index is 1460. The summed E-state index contributed by atoms with van der Waals surface area (Å²) in [6.45, 7) is 6.83. The zero-order valence-corrected chi connectivity index (χ0v) is 52.6. The van der Waals surface area contributed by atoms with Crippen LogP contribution in [0.2, 0.25) is 0 Å². The minimum Gasteiger partial charge on any atom is -0.756 e. The molecule has 0 bridgehead atoms. The van der Waals surface area contributed by atoms with Gasteiger partial charge in [-0.25, -0.2) is 0 Å². The van der Waals surface area contributed by atoms with Crippen LogP contribution in [0, 0.1) is 0 Å². The van der Waals surface area contributed by atoms with Crippen LogP contribution in [0.4, 0.5) is 0 Å². The van der Waals surface area contributed by atoms with Gasteiger partial charge in [-0.3, -0.25) is 14.2 Å². The molecular formula is C67H127N2O7P. The molecule has 0 saturated carbocycles. The summed E-state index contributed by atoms with van der Waals surface area (Å²) in [4.78, 5) is 40.0. The molecule has 0 saturated heterocycles. The van der Waals surface area contributed by atoms with Gasteiger partial charge in [-0.05, 0) is 83.1 Å². The van der Waals surface area contributed by atoms with Crippen molar-refractivity contribution in [1.82, 2.24) is 5.32 Å². The van der Waals surface area contributed by atoms with Crippen molar-refractivity contribution in [1.29, 1.82) is 0 Å². The number of rotatable bonds is 60. The molecular weight excluding hydrogens is 976 g/mol. The van der Waals surface area contributed by atoms with Crippen LogP contribution in [0.3, 0.4) is 0 Å². The third kappa shape index (κ3) is 58.4. The van der Waals surface area contributed by atoms with E-state index in [1.54, 1.807) is 0 Å². The first-order valence-corrected chi connectivity index (χ1v) is 34.4. The van der Waals surface area contributed by atoms with E-state index < -0.39 is 20.0 Å². The van der Waals surface area contributed by atoms with Crippen LogP contribution in [0.25, 0.3) is 0 Å². The molecule has 0 rings (SSSR count). The minimum absolute atomic E-state index is 0.0234. The standard InChI is InChI=1S/C67H127N2O7P/c1-7-10-13-16-19-22-25-27-29-30-31-32-33-34-35-36-37-38-40-41-44-47-50-53-56-59-66(70)68-64(63-75-77(72,73)74-62-61-69(4,5)6)65(58-55-52-49-46-43-24-21-18-15-12-9-3)76-67(71)60-57-54-51-48-45-42-39-28-26-23-20-17-14-11-8-2/h20,23,26-29,55,58,64-65H,7-19,21-22,24-25,30-54,56-57,59-63H2,1-6H3,(H-,68,70,72,73)/b23-20+,28-26+,29-27+,58-55-.